The lowest BCUT2D eigenvalue weighted by Gasteiger charge is -2.15. The lowest BCUT2D eigenvalue weighted by Crippen LogP contribution is -2.38. The smallest absolute Gasteiger partial charge is 0.181 e. The van der Waals surface area contributed by atoms with Crippen molar-refractivity contribution in [2.24, 2.45) is 0 Å². The Morgan fingerprint density at radius 1 is 1.30 bits per heavy atom. The SMILES string of the molecule is OC(O)[C@H]1O[CH][C@H](O)[C@@H]1O. The van der Waals surface area contributed by atoms with E-state index in [1.54, 1.807) is 0 Å². The monoisotopic (exact) mass is 149 g/mol. The molecule has 1 saturated heterocycles. The van der Waals surface area contributed by atoms with Gasteiger partial charge in [-0.3, -0.25) is 0 Å². The van der Waals surface area contributed by atoms with E-state index in [1.165, 1.54) is 0 Å². The number of aliphatic hydroxyl groups is 4. The molecule has 1 aliphatic rings. The quantitative estimate of drug-likeness (QED) is 0.311. The fraction of sp³-hybridized carbons (Fsp3) is 0.800. The van der Waals surface area contributed by atoms with Crippen molar-refractivity contribution < 1.29 is 25.2 Å². The van der Waals surface area contributed by atoms with Gasteiger partial charge >= 0.3 is 0 Å². The number of hydrogen-bond donors (Lipinski definition) is 4. The summed E-state index contributed by atoms with van der Waals surface area (Å²) in [6.45, 7) is 0.967. The molecule has 0 aromatic carbocycles. The molecule has 1 fully saturated rings. The van der Waals surface area contributed by atoms with Crippen molar-refractivity contribution in [1.82, 2.24) is 0 Å². The molecule has 1 heterocycles. The largest absolute Gasteiger partial charge is 0.387 e. The molecule has 1 rings (SSSR count). The van der Waals surface area contributed by atoms with E-state index in [4.69, 9.17) is 20.4 Å². The molecule has 5 heteroatoms. The summed E-state index contributed by atoms with van der Waals surface area (Å²) in [6.07, 6.45) is -5.27. The summed E-state index contributed by atoms with van der Waals surface area (Å²) in [4.78, 5) is 0. The maximum atomic E-state index is 8.90. The van der Waals surface area contributed by atoms with Crippen molar-refractivity contribution in [3.63, 3.8) is 0 Å². The van der Waals surface area contributed by atoms with Crippen LogP contribution in [0.4, 0.5) is 0 Å². The third-order valence-corrected chi connectivity index (χ3v) is 1.36. The minimum atomic E-state index is -1.76. The maximum Gasteiger partial charge on any atom is 0.181 e. The van der Waals surface area contributed by atoms with Gasteiger partial charge in [0.15, 0.2) is 6.29 Å². The molecule has 1 aliphatic heterocycles. The predicted octanol–water partition coefficient (Wildman–Crippen LogP) is -2.42. The highest BCUT2D eigenvalue weighted by Crippen LogP contribution is 2.19. The Morgan fingerprint density at radius 3 is 2.10 bits per heavy atom. The molecule has 59 valence electrons. The van der Waals surface area contributed by atoms with E-state index in [0.29, 0.717) is 0 Å². The highest BCUT2D eigenvalue weighted by molar-refractivity contribution is 4.90. The molecule has 0 spiro atoms. The fourth-order valence-electron chi connectivity index (χ4n) is 0.773. The lowest BCUT2D eigenvalue weighted by atomic mass is 10.1. The van der Waals surface area contributed by atoms with Gasteiger partial charge in [0.2, 0.25) is 0 Å². The molecule has 4 N–H and O–H groups in total. The van der Waals surface area contributed by atoms with E-state index >= 15 is 0 Å². The molecule has 0 aromatic rings. The van der Waals surface area contributed by atoms with Crippen LogP contribution < -0.4 is 0 Å². The van der Waals surface area contributed by atoms with Gasteiger partial charge in [-0.15, -0.1) is 0 Å². The van der Waals surface area contributed by atoms with Gasteiger partial charge in [0.05, 0.1) is 0 Å². The molecule has 0 bridgehead atoms. The van der Waals surface area contributed by atoms with Crippen LogP contribution in [0, 0.1) is 6.61 Å². The Labute approximate surface area is 57.5 Å². The highest BCUT2D eigenvalue weighted by atomic mass is 16.6. The minimum absolute atomic E-state index is 0.967. The van der Waals surface area contributed by atoms with Gasteiger partial charge < -0.3 is 25.2 Å². The summed E-state index contributed by atoms with van der Waals surface area (Å²) < 4.78 is 4.51. The maximum absolute atomic E-state index is 8.90. The summed E-state index contributed by atoms with van der Waals surface area (Å²) in [5, 5.41) is 34.6. The zero-order chi connectivity index (χ0) is 7.72. The van der Waals surface area contributed by atoms with E-state index in [1.807, 2.05) is 0 Å². The number of ether oxygens (including phenoxy) is 1. The molecule has 0 aliphatic carbocycles. The minimum Gasteiger partial charge on any atom is -0.387 e. The molecule has 3 atom stereocenters. The first kappa shape index (κ1) is 7.90. The van der Waals surface area contributed by atoms with Crippen molar-refractivity contribution in [1.29, 1.82) is 0 Å². The zero-order valence-electron chi connectivity index (χ0n) is 5.08. The second-order valence-electron chi connectivity index (χ2n) is 2.13. The fourth-order valence-corrected chi connectivity index (χ4v) is 0.773. The van der Waals surface area contributed by atoms with Gasteiger partial charge in [0.25, 0.3) is 0 Å². The summed E-state index contributed by atoms with van der Waals surface area (Å²) in [5.74, 6) is 0. The standard InChI is InChI=1S/C5H9O5/c6-2-1-10-4(3(2)7)5(8)9/h1-9H/t2-,3-,4-/m0/s1. The van der Waals surface area contributed by atoms with Crippen LogP contribution in [-0.4, -0.2) is 45.0 Å². The predicted molar refractivity (Wildman–Crippen MR) is 29.4 cm³/mol. The molecular weight excluding hydrogens is 140 g/mol. The van der Waals surface area contributed by atoms with Crippen molar-refractivity contribution in [2.75, 3.05) is 0 Å². The Kier molecular flexibility index (Phi) is 2.22. The first-order valence-corrected chi connectivity index (χ1v) is 2.84. The van der Waals surface area contributed by atoms with E-state index in [9.17, 15) is 0 Å². The third-order valence-electron chi connectivity index (χ3n) is 1.36. The molecule has 5 nitrogen and oxygen atoms in total. The number of hydrogen-bond acceptors (Lipinski definition) is 5. The summed E-state index contributed by atoms with van der Waals surface area (Å²) in [5.41, 5.74) is 0. The third kappa shape index (κ3) is 1.28. The van der Waals surface area contributed by atoms with Crippen molar-refractivity contribution >= 4 is 0 Å². The highest BCUT2D eigenvalue weighted by Gasteiger charge is 2.38. The summed E-state index contributed by atoms with van der Waals surface area (Å²) in [7, 11) is 0. The topological polar surface area (TPSA) is 90.2 Å². The van der Waals surface area contributed by atoms with Crippen LogP contribution in [0.15, 0.2) is 0 Å². The van der Waals surface area contributed by atoms with E-state index in [0.717, 1.165) is 6.61 Å². The first-order valence-electron chi connectivity index (χ1n) is 2.84. The van der Waals surface area contributed by atoms with E-state index in [-0.39, 0.29) is 0 Å². The Hall–Kier alpha value is -0.200. The van der Waals surface area contributed by atoms with Crippen molar-refractivity contribution in [3.8, 4) is 0 Å². The zero-order valence-corrected chi connectivity index (χ0v) is 5.08. The molecule has 0 amide bonds. The van der Waals surface area contributed by atoms with Crippen LogP contribution in [0.25, 0.3) is 0 Å². The van der Waals surface area contributed by atoms with Gasteiger partial charge in [-0.25, -0.2) is 0 Å². The molecule has 0 saturated carbocycles. The molecule has 10 heavy (non-hydrogen) atoms. The van der Waals surface area contributed by atoms with E-state index in [2.05, 4.69) is 4.74 Å². The van der Waals surface area contributed by atoms with Gasteiger partial charge in [0.1, 0.15) is 24.9 Å². The van der Waals surface area contributed by atoms with Crippen LogP contribution in [0.5, 0.6) is 0 Å². The summed E-state index contributed by atoms with van der Waals surface area (Å²) in [6, 6.07) is 0. The second kappa shape index (κ2) is 2.81. The molecule has 0 unspecified atom stereocenters. The van der Waals surface area contributed by atoms with Crippen molar-refractivity contribution in [3.05, 3.63) is 6.61 Å². The molecule has 0 aromatic heterocycles. The first-order chi connectivity index (χ1) is 4.63. The van der Waals surface area contributed by atoms with Gasteiger partial charge in [0, 0.05) is 0 Å². The van der Waals surface area contributed by atoms with Gasteiger partial charge in [-0.2, -0.15) is 0 Å². The van der Waals surface area contributed by atoms with Crippen LogP contribution in [0.2, 0.25) is 0 Å². The average molecular weight is 149 g/mol. The van der Waals surface area contributed by atoms with Crippen LogP contribution >= 0.6 is 0 Å². The van der Waals surface area contributed by atoms with Gasteiger partial charge in [-0.05, 0) is 0 Å². The normalized spacial score (nSPS) is 41.1. The lowest BCUT2D eigenvalue weighted by molar-refractivity contribution is -0.147. The summed E-state index contributed by atoms with van der Waals surface area (Å²) >= 11 is 0. The Morgan fingerprint density at radius 2 is 1.90 bits per heavy atom. The average Bonchev–Trinajstić information content (AvgIpc) is 2.14. The second-order valence-corrected chi connectivity index (χ2v) is 2.13. The molecule has 1 radical (unpaired) electrons. The molecular formula is C5H9O5. The Bertz CT molecular complexity index is 115. The van der Waals surface area contributed by atoms with Crippen LogP contribution in [0.3, 0.4) is 0 Å². The van der Waals surface area contributed by atoms with Crippen LogP contribution in [0.1, 0.15) is 0 Å². The number of aliphatic hydroxyl groups excluding tert-OH is 3. The van der Waals surface area contributed by atoms with E-state index < -0.39 is 24.6 Å². The van der Waals surface area contributed by atoms with Crippen LogP contribution in [-0.2, 0) is 4.74 Å². The van der Waals surface area contributed by atoms with Gasteiger partial charge in [-0.1, -0.05) is 0 Å². The van der Waals surface area contributed by atoms with Crippen molar-refractivity contribution in [2.45, 2.75) is 24.6 Å². The Balaban J connectivity index is 2.49. The number of rotatable bonds is 1.